The Balaban J connectivity index is 0.000000167. The molecule has 0 spiro atoms. The Kier molecular flexibility index (Phi) is 10.5. The van der Waals surface area contributed by atoms with Crippen LogP contribution in [-0.4, -0.2) is 29.9 Å². The summed E-state index contributed by atoms with van der Waals surface area (Å²) in [5, 5.41) is 9.42. The molecule has 54 heavy (non-hydrogen) atoms. The smallest absolute Gasteiger partial charge is 0.194 e. The van der Waals surface area contributed by atoms with Crippen LogP contribution in [0.25, 0.3) is 44.6 Å². The highest BCUT2D eigenvalue weighted by atomic mass is 35.5. The Labute approximate surface area is 322 Å². The highest BCUT2D eigenvalue weighted by Crippen LogP contribution is 2.32. The van der Waals surface area contributed by atoms with Crippen molar-refractivity contribution in [1.29, 1.82) is 0 Å². The number of hydrogen-bond acceptors (Lipinski definition) is 8. The van der Waals surface area contributed by atoms with Crippen molar-refractivity contribution in [1.82, 2.24) is 29.9 Å². The molecule has 0 unspecified atom stereocenters. The molecule has 4 aromatic heterocycles. The average molecular weight is 782 g/mol. The summed E-state index contributed by atoms with van der Waals surface area (Å²) in [6.07, 6.45) is 4.98. The molecule has 8 aromatic rings. The molecule has 4 heterocycles. The second kappa shape index (κ2) is 15.6. The minimum Gasteiger partial charge on any atom is -0.340 e. The van der Waals surface area contributed by atoms with Crippen LogP contribution in [0.4, 0.5) is 36.2 Å². The number of halogens is 6. The van der Waals surface area contributed by atoms with Crippen molar-refractivity contribution in [2.45, 2.75) is 13.8 Å². The lowest BCUT2D eigenvalue weighted by Crippen LogP contribution is -2.01. The second-order valence-electron chi connectivity index (χ2n) is 12.1. The van der Waals surface area contributed by atoms with E-state index < -0.39 is 17.5 Å². The first-order valence-corrected chi connectivity index (χ1v) is 17.4. The number of nitrogens with one attached hydrogen (secondary N) is 2. The number of rotatable bonds is 6. The maximum atomic E-state index is 13.5. The monoisotopic (exact) mass is 780 g/mol. The maximum Gasteiger partial charge on any atom is 0.194 e. The van der Waals surface area contributed by atoms with Gasteiger partial charge >= 0.3 is 0 Å². The van der Waals surface area contributed by atoms with Crippen molar-refractivity contribution >= 4 is 79.6 Å². The predicted octanol–water partition coefficient (Wildman–Crippen LogP) is 11.9. The van der Waals surface area contributed by atoms with Gasteiger partial charge in [-0.05, 0) is 98.3 Å². The number of nitrogens with zero attached hydrogens (tertiary/aromatic N) is 6. The van der Waals surface area contributed by atoms with Gasteiger partial charge in [0, 0.05) is 84.8 Å². The zero-order valence-electron chi connectivity index (χ0n) is 28.3. The molecule has 0 amide bonds. The fourth-order valence-electron chi connectivity index (χ4n) is 5.46. The lowest BCUT2D eigenvalue weighted by molar-refractivity contribution is 0.448. The molecule has 8 rings (SSSR count). The Morgan fingerprint density at radius 3 is 1.65 bits per heavy atom. The van der Waals surface area contributed by atoms with E-state index in [1.54, 1.807) is 48.9 Å². The van der Waals surface area contributed by atoms with E-state index in [0.717, 1.165) is 45.5 Å². The largest absolute Gasteiger partial charge is 0.340 e. The summed E-state index contributed by atoms with van der Waals surface area (Å²) in [6.45, 7) is 3.94. The number of fused-ring (bicyclic) bond motifs is 2. The first kappa shape index (κ1) is 36.5. The molecule has 0 saturated heterocycles. The van der Waals surface area contributed by atoms with Crippen LogP contribution in [0.2, 0.25) is 15.1 Å². The lowest BCUT2D eigenvalue weighted by Gasteiger charge is -2.12. The van der Waals surface area contributed by atoms with Gasteiger partial charge < -0.3 is 10.6 Å². The van der Waals surface area contributed by atoms with Crippen molar-refractivity contribution < 1.29 is 13.2 Å². The van der Waals surface area contributed by atoms with Gasteiger partial charge in [0.1, 0.15) is 11.6 Å². The SMILES string of the molecule is Cc1cc(Cl)cc(Nc2nc(-c3ccc(C)nc3)nc3cc(Cl)ccc23)c1.Fc1cc(Nc2nc(-c3cccnc3)nc3cc(Cl)ccc23)cc(F)c1F. The molecule has 0 aliphatic carbocycles. The van der Waals surface area contributed by atoms with E-state index in [1.807, 2.05) is 62.4 Å². The van der Waals surface area contributed by atoms with Gasteiger partial charge in [-0.3, -0.25) is 9.97 Å². The van der Waals surface area contributed by atoms with Crippen LogP contribution in [0, 0.1) is 31.3 Å². The number of aromatic nitrogens is 6. The van der Waals surface area contributed by atoms with E-state index in [0.29, 0.717) is 54.8 Å². The Hall–Kier alpha value is -5.88. The molecule has 14 heteroatoms. The summed E-state index contributed by atoms with van der Waals surface area (Å²) in [4.78, 5) is 26.7. The minimum atomic E-state index is -1.53. The van der Waals surface area contributed by atoms with Crippen molar-refractivity contribution in [3.05, 3.63) is 153 Å². The molecule has 268 valence electrons. The topological polar surface area (TPSA) is 101 Å². The van der Waals surface area contributed by atoms with Gasteiger partial charge in [-0.25, -0.2) is 33.1 Å². The van der Waals surface area contributed by atoms with Crippen molar-refractivity contribution in [2.24, 2.45) is 0 Å². The van der Waals surface area contributed by atoms with Crippen LogP contribution < -0.4 is 10.6 Å². The van der Waals surface area contributed by atoms with Crippen LogP contribution in [0.1, 0.15) is 11.3 Å². The van der Waals surface area contributed by atoms with Crippen LogP contribution in [-0.2, 0) is 0 Å². The van der Waals surface area contributed by atoms with Gasteiger partial charge in [0.25, 0.3) is 0 Å². The van der Waals surface area contributed by atoms with Gasteiger partial charge in [0.15, 0.2) is 29.1 Å². The normalized spacial score (nSPS) is 11.0. The summed E-state index contributed by atoms with van der Waals surface area (Å²) in [6, 6.07) is 25.5. The van der Waals surface area contributed by atoms with E-state index >= 15 is 0 Å². The molecule has 8 nitrogen and oxygen atoms in total. The van der Waals surface area contributed by atoms with Crippen LogP contribution in [0.3, 0.4) is 0 Å². The third-order valence-corrected chi connectivity index (χ3v) is 8.65. The van der Waals surface area contributed by atoms with Crippen LogP contribution in [0.5, 0.6) is 0 Å². The molecular formula is C40H26Cl3F3N8. The van der Waals surface area contributed by atoms with E-state index in [9.17, 15) is 13.2 Å². The molecule has 0 saturated carbocycles. The third kappa shape index (κ3) is 8.34. The summed E-state index contributed by atoms with van der Waals surface area (Å²) < 4.78 is 40.3. The zero-order chi connectivity index (χ0) is 37.9. The molecule has 0 atom stereocenters. The minimum absolute atomic E-state index is 0.0125. The van der Waals surface area contributed by atoms with E-state index in [1.165, 1.54) is 0 Å². The third-order valence-electron chi connectivity index (χ3n) is 7.96. The van der Waals surface area contributed by atoms with Gasteiger partial charge in [-0.1, -0.05) is 34.8 Å². The van der Waals surface area contributed by atoms with Crippen LogP contribution in [0.15, 0.2) is 110 Å². The molecule has 0 aliphatic rings. The lowest BCUT2D eigenvalue weighted by atomic mass is 10.2. The molecule has 0 bridgehead atoms. The summed E-state index contributed by atoms with van der Waals surface area (Å²) in [7, 11) is 0. The van der Waals surface area contributed by atoms with Gasteiger partial charge in [-0.15, -0.1) is 0 Å². The number of aryl methyl sites for hydroxylation is 2. The highest BCUT2D eigenvalue weighted by molar-refractivity contribution is 6.32. The summed E-state index contributed by atoms with van der Waals surface area (Å²) in [5.41, 5.74) is 5.66. The van der Waals surface area contributed by atoms with E-state index in [4.69, 9.17) is 39.8 Å². The Morgan fingerprint density at radius 2 is 1.13 bits per heavy atom. The van der Waals surface area contributed by atoms with Gasteiger partial charge in [-0.2, -0.15) is 0 Å². The fourth-order valence-corrected chi connectivity index (χ4v) is 6.08. The number of benzene rings is 4. The molecular weight excluding hydrogens is 756 g/mol. The fraction of sp³-hybridized carbons (Fsp3) is 0.0500. The first-order chi connectivity index (χ1) is 26.0. The Morgan fingerprint density at radius 1 is 0.556 bits per heavy atom. The average Bonchev–Trinajstić information content (AvgIpc) is 3.14. The molecule has 0 fully saturated rings. The standard InChI is InChI=1S/C21H16Cl2N4.C19H10ClF3N4/c1-12-7-16(23)9-17(8-12)25-21-18-6-5-15(22)10-19(18)26-20(27-21)14-4-3-13(2)24-11-14;20-11-3-4-13-16(6-11)26-18(10-2-1-5-24-9-10)27-19(13)25-12-7-14(21)17(23)15(22)8-12/h3-11H,1-2H3,(H,25,26,27);1-9H,(H,25,26,27). The predicted molar refractivity (Wildman–Crippen MR) is 209 cm³/mol. The number of anilines is 4. The van der Waals surface area contributed by atoms with Crippen molar-refractivity contribution in [2.75, 3.05) is 10.6 Å². The van der Waals surface area contributed by atoms with Crippen molar-refractivity contribution in [3.63, 3.8) is 0 Å². The van der Waals surface area contributed by atoms with E-state index in [-0.39, 0.29) is 5.69 Å². The maximum absolute atomic E-state index is 13.5. The molecule has 0 radical (unpaired) electrons. The zero-order valence-corrected chi connectivity index (χ0v) is 30.6. The highest BCUT2D eigenvalue weighted by Gasteiger charge is 2.15. The Bertz CT molecular complexity index is 2620. The summed E-state index contributed by atoms with van der Waals surface area (Å²) >= 11 is 18.4. The first-order valence-electron chi connectivity index (χ1n) is 16.2. The summed E-state index contributed by atoms with van der Waals surface area (Å²) in [5.74, 6) is -2.22. The molecule has 0 aliphatic heterocycles. The van der Waals surface area contributed by atoms with Crippen molar-refractivity contribution in [3.8, 4) is 22.8 Å². The number of hydrogen-bond donors (Lipinski definition) is 2. The number of pyridine rings is 2. The molecule has 2 N–H and O–H groups in total. The quantitative estimate of drug-likeness (QED) is 0.161. The molecule has 4 aromatic carbocycles. The second-order valence-corrected chi connectivity index (χ2v) is 13.4. The van der Waals surface area contributed by atoms with Gasteiger partial charge in [0.2, 0.25) is 0 Å². The van der Waals surface area contributed by atoms with Gasteiger partial charge in [0.05, 0.1) is 11.0 Å². The van der Waals surface area contributed by atoms with E-state index in [2.05, 4.69) is 35.6 Å². The van der Waals surface area contributed by atoms with Crippen LogP contribution >= 0.6 is 34.8 Å².